The lowest BCUT2D eigenvalue weighted by molar-refractivity contribution is -0.390. The summed E-state index contributed by atoms with van der Waals surface area (Å²) in [6.07, 6.45) is 1.45. The van der Waals surface area contributed by atoms with E-state index in [-0.39, 0.29) is 5.82 Å². The molecule has 0 aliphatic rings. The van der Waals surface area contributed by atoms with E-state index in [0.29, 0.717) is 8.43 Å². The van der Waals surface area contributed by atoms with Crippen LogP contribution in [0.5, 0.6) is 0 Å². The lowest BCUT2D eigenvalue weighted by atomic mass is 10.8. The van der Waals surface area contributed by atoms with Crippen LogP contribution in [-0.2, 0) is 0 Å². The Balaban J connectivity index is 3.35. The van der Waals surface area contributed by atoms with Crippen LogP contribution in [0.3, 0.4) is 0 Å². The maximum atomic E-state index is 10.4. The summed E-state index contributed by atoms with van der Waals surface area (Å²) >= 11 is 4.90. The summed E-state index contributed by atoms with van der Waals surface area (Å²) in [6.45, 7) is 3.49. The third kappa shape index (κ3) is 1.51. The van der Waals surface area contributed by atoms with E-state index in [9.17, 15) is 10.1 Å². The molecule has 12 heavy (non-hydrogen) atoms. The third-order valence-corrected chi connectivity index (χ3v) is 2.71. The summed E-state index contributed by atoms with van der Waals surface area (Å²) < 4.78 is 2.30. The van der Waals surface area contributed by atoms with Crippen molar-refractivity contribution in [3.63, 3.8) is 0 Å². The van der Waals surface area contributed by atoms with Gasteiger partial charge in [0.15, 0.2) is 3.70 Å². The fourth-order valence-electron chi connectivity index (χ4n) is 0.648. The van der Waals surface area contributed by atoms with Crippen molar-refractivity contribution in [2.45, 2.75) is 0 Å². The van der Waals surface area contributed by atoms with Crippen LogP contribution >= 0.6 is 38.5 Å². The average Bonchev–Trinajstić information content (AvgIpc) is 2.27. The predicted octanol–water partition coefficient (Wildman–Crippen LogP) is 2.26. The van der Waals surface area contributed by atoms with Gasteiger partial charge in [-0.15, -0.1) is 0 Å². The van der Waals surface area contributed by atoms with Gasteiger partial charge in [-0.2, -0.15) is 0 Å². The van der Waals surface area contributed by atoms with Crippen LogP contribution in [-0.4, -0.2) is 14.5 Å². The molecule has 0 aliphatic carbocycles. The molecule has 0 saturated heterocycles. The van der Waals surface area contributed by atoms with E-state index in [1.807, 2.05) is 22.6 Å². The molecular formula is C5H3BrIN3O2. The standard InChI is InChI=1S/C5H3BrIN3O2/c1-2-9-3(7)4(10(11)12)8-5(9)6/h2H,1H2. The van der Waals surface area contributed by atoms with Crippen LogP contribution in [0.25, 0.3) is 6.20 Å². The number of halogens is 2. The predicted molar refractivity (Wildman–Crippen MR) is 55.7 cm³/mol. The highest BCUT2D eigenvalue weighted by Crippen LogP contribution is 2.24. The number of nitrogens with zero attached hydrogens (tertiary/aromatic N) is 3. The topological polar surface area (TPSA) is 61.0 Å². The number of hydrogen-bond donors (Lipinski definition) is 0. The number of nitro groups is 1. The SMILES string of the molecule is C=Cn1c(Br)nc([N+](=O)[O-])c1I. The molecule has 64 valence electrons. The summed E-state index contributed by atoms with van der Waals surface area (Å²) in [6, 6.07) is 0. The molecule has 0 N–H and O–H groups in total. The molecule has 5 nitrogen and oxygen atoms in total. The Kier molecular flexibility index (Phi) is 2.83. The Morgan fingerprint density at radius 2 is 2.42 bits per heavy atom. The van der Waals surface area contributed by atoms with Crippen molar-refractivity contribution in [1.82, 2.24) is 9.55 Å². The quantitative estimate of drug-likeness (QED) is 0.470. The molecular weight excluding hydrogens is 341 g/mol. The van der Waals surface area contributed by atoms with Gasteiger partial charge in [-0.05, 0) is 32.5 Å². The lowest BCUT2D eigenvalue weighted by Crippen LogP contribution is -1.92. The molecule has 0 bridgehead atoms. The Bertz CT molecular complexity index is 349. The van der Waals surface area contributed by atoms with Gasteiger partial charge in [0, 0.05) is 22.1 Å². The normalized spacial score (nSPS) is 9.83. The van der Waals surface area contributed by atoms with Gasteiger partial charge in [-0.3, -0.25) is 4.57 Å². The van der Waals surface area contributed by atoms with E-state index in [0.717, 1.165) is 0 Å². The molecule has 0 aliphatic heterocycles. The van der Waals surface area contributed by atoms with Crippen LogP contribution in [0.4, 0.5) is 5.82 Å². The zero-order valence-corrected chi connectivity index (χ0v) is 9.44. The molecule has 0 unspecified atom stereocenters. The largest absolute Gasteiger partial charge is 0.397 e. The monoisotopic (exact) mass is 343 g/mol. The number of aromatic nitrogens is 2. The maximum absolute atomic E-state index is 10.4. The van der Waals surface area contributed by atoms with Crippen LogP contribution in [0.15, 0.2) is 11.3 Å². The van der Waals surface area contributed by atoms with Gasteiger partial charge in [-0.25, -0.2) is 0 Å². The first-order valence-corrected chi connectivity index (χ1v) is 4.65. The van der Waals surface area contributed by atoms with Crippen molar-refractivity contribution >= 4 is 50.5 Å². The first kappa shape index (κ1) is 9.65. The van der Waals surface area contributed by atoms with Gasteiger partial charge in [-0.1, -0.05) is 6.58 Å². The summed E-state index contributed by atoms with van der Waals surface area (Å²) in [5.41, 5.74) is 0. The smallest absolute Gasteiger partial charge is 0.358 e. The maximum Gasteiger partial charge on any atom is 0.397 e. The minimum absolute atomic E-state index is 0.164. The molecule has 7 heteroatoms. The minimum atomic E-state index is -0.535. The first-order chi connectivity index (χ1) is 5.57. The van der Waals surface area contributed by atoms with Gasteiger partial charge in [0.2, 0.25) is 0 Å². The lowest BCUT2D eigenvalue weighted by Gasteiger charge is -1.91. The second-order valence-corrected chi connectivity index (χ2v) is 3.54. The van der Waals surface area contributed by atoms with Crippen LogP contribution in [0.1, 0.15) is 0 Å². The fraction of sp³-hybridized carbons (Fsp3) is 0. The molecule has 0 aromatic carbocycles. The van der Waals surface area contributed by atoms with E-state index in [2.05, 4.69) is 27.5 Å². The molecule has 0 spiro atoms. The van der Waals surface area contributed by atoms with Crippen molar-refractivity contribution in [3.05, 3.63) is 25.1 Å². The van der Waals surface area contributed by atoms with Gasteiger partial charge >= 0.3 is 5.82 Å². The van der Waals surface area contributed by atoms with E-state index >= 15 is 0 Å². The van der Waals surface area contributed by atoms with Crippen LogP contribution < -0.4 is 0 Å². The fourth-order valence-corrected chi connectivity index (χ4v) is 2.21. The third-order valence-electron chi connectivity index (χ3n) is 1.15. The van der Waals surface area contributed by atoms with Gasteiger partial charge in [0.05, 0.1) is 0 Å². The zero-order valence-electron chi connectivity index (χ0n) is 5.70. The Labute approximate surface area is 89.9 Å². The molecule has 1 aromatic rings. The van der Waals surface area contributed by atoms with Gasteiger partial charge in [0.1, 0.15) is 0 Å². The van der Waals surface area contributed by atoms with Crippen molar-refractivity contribution < 1.29 is 4.92 Å². The van der Waals surface area contributed by atoms with E-state index in [4.69, 9.17) is 0 Å². The highest BCUT2D eigenvalue weighted by molar-refractivity contribution is 14.1. The molecule has 1 aromatic heterocycles. The van der Waals surface area contributed by atoms with E-state index in [1.165, 1.54) is 10.8 Å². The minimum Gasteiger partial charge on any atom is -0.358 e. The number of rotatable bonds is 2. The van der Waals surface area contributed by atoms with Crippen molar-refractivity contribution in [2.75, 3.05) is 0 Å². The Hall–Kier alpha value is -0.440. The van der Waals surface area contributed by atoms with E-state index in [1.54, 1.807) is 0 Å². The molecule has 1 rings (SSSR count). The number of hydrogen-bond acceptors (Lipinski definition) is 3. The van der Waals surface area contributed by atoms with Gasteiger partial charge < -0.3 is 10.1 Å². The molecule has 0 saturated carbocycles. The molecule has 0 radical (unpaired) electrons. The molecule has 0 fully saturated rings. The van der Waals surface area contributed by atoms with Crippen molar-refractivity contribution in [3.8, 4) is 0 Å². The first-order valence-electron chi connectivity index (χ1n) is 2.78. The molecule has 0 amide bonds. The molecule has 1 heterocycles. The summed E-state index contributed by atoms with van der Waals surface area (Å²) in [5.74, 6) is -0.164. The highest BCUT2D eigenvalue weighted by atomic mass is 127. The Morgan fingerprint density at radius 1 is 1.83 bits per heavy atom. The second-order valence-electron chi connectivity index (χ2n) is 1.80. The highest BCUT2D eigenvalue weighted by Gasteiger charge is 2.22. The summed E-state index contributed by atoms with van der Waals surface area (Å²) in [7, 11) is 0. The Morgan fingerprint density at radius 3 is 2.67 bits per heavy atom. The van der Waals surface area contributed by atoms with Crippen molar-refractivity contribution in [2.24, 2.45) is 0 Å². The zero-order chi connectivity index (χ0) is 9.30. The summed E-state index contributed by atoms with van der Waals surface area (Å²) in [5, 5.41) is 10.4. The van der Waals surface area contributed by atoms with Gasteiger partial charge in [0.25, 0.3) is 4.73 Å². The summed E-state index contributed by atoms with van der Waals surface area (Å²) in [4.78, 5) is 13.5. The van der Waals surface area contributed by atoms with Crippen LogP contribution in [0.2, 0.25) is 0 Å². The van der Waals surface area contributed by atoms with Crippen molar-refractivity contribution in [1.29, 1.82) is 0 Å². The van der Waals surface area contributed by atoms with E-state index < -0.39 is 4.92 Å². The average molecular weight is 344 g/mol. The number of imidazole rings is 1. The molecule has 0 atom stereocenters. The van der Waals surface area contributed by atoms with Crippen LogP contribution in [0, 0.1) is 13.8 Å². The second kappa shape index (κ2) is 3.52.